The number of hydrogen-bond donors (Lipinski definition) is 0. The molecule has 0 saturated carbocycles. The lowest BCUT2D eigenvalue weighted by Gasteiger charge is -2.13. The van der Waals surface area contributed by atoms with Gasteiger partial charge in [0.25, 0.3) is 0 Å². The first-order valence-corrected chi connectivity index (χ1v) is 23.2. The second-order valence-electron chi connectivity index (χ2n) is 16.2. The van der Waals surface area contributed by atoms with E-state index in [-0.39, 0.29) is 0 Å². The molecule has 298 valence electrons. The molecular formula is C52H80N2. The first kappa shape index (κ1) is 45.5. The first-order valence-electron chi connectivity index (χ1n) is 23.2. The zero-order valence-corrected chi connectivity index (χ0v) is 35.7. The Bertz CT molecular complexity index is 1430. The Hall–Kier alpha value is -2.92. The topological polar surface area (TPSA) is 25.3 Å². The molecule has 1 aliphatic heterocycles. The lowest BCUT2D eigenvalue weighted by atomic mass is 9.90. The highest BCUT2D eigenvalue weighted by atomic mass is 15.2. The molecule has 0 radical (unpaired) electrons. The molecule has 1 aliphatic rings. The average molecular weight is 733 g/mol. The maximum atomic E-state index is 12.1. The second kappa shape index (κ2) is 29.4. The predicted molar refractivity (Wildman–Crippen MR) is 237 cm³/mol. The predicted octanol–water partition coefficient (Wildman–Crippen LogP) is 16.9. The fraction of sp³-hybridized carbons (Fsp3) is 0.654. The van der Waals surface area contributed by atoms with Crippen LogP contribution < -0.4 is 0 Å². The first-order chi connectivity index (χ1) is 26.7. The van der Waals surface area contributed by atoms with Crippen LogP contribution in [0.25, 0.3) is 16.9 Å². The van der Waals surface area contributed by atoms with E-state index in [4.69, 9.17) is 0 Å². The molecule has 3 rings (SSSR count). The van der Waals surface area contributed by atoms with Crippen LogP contribution in [0.1, 0.15) is 230 Å². The van der Waals surface area contributed by atoms with Crippen molar-refractivity contribution in [3.8, 4) is 11.8 Å². The Morgan fingerprint density at radius 2 is 0.870 bits per heavy atom. The summed E-state index contributed by atoms with van der Waals surface area (Å²) in [5, 5.41) is 0. The van der Waals surface area contributed by atoms with Crippen molar-refractivity contribution in [2.45, 2.75) is 220 Å². The Morgan fingerprint density at radius 1 is 0.426 bits per heavy atom. The zero-order chi connectivity index (χ0) is 38.5. The minimum Gasteiger partial charge on any atom is -0.493 e. The zero-order valence-electron chi connectivity index (χ0n) is 35.7. The van der Waals surface area contributed by atoms with Gasteiger partial charge < -0.3 is 5.53 Å². The standard InChI is InChI=1S/C52H80N2/c1-5-9-13-14-15-16-17-18-19-20-21-22-23-24-25-26-27-28-29-30-31-32-36-46-37-33-34-40-48(46)52-50(39-12-8-4)49(38-11-7-3)51(54(52)53)47-43-41-45(42-44-47)35-10-6-2/h33-34,37,40-44H,5-28,31-32,35-36,38-39H2,1-4H3. The van der Waals surface area contributed by atoms with Crippen LogP contribution in [0, 0.1) is 11.8 Å². The van der Waals surface area contributed by atoms with Gasteiger partial charge in [-0.3, -0.25) is 0 Å². The number of rotatable bonds is 31. The summed E-state index contributed by atoms with van der Waals surface area (Å²) in [6.45, 7) is 9.09. The van der Waals surface area contributed by atoms with E-state index < -0.39 is 0 Å². The van der Waals surface area contributed by atoms with Gasteiger partial charge in [0, 0.05) is 35.1 Å². The summed E-state index contributed by atoms with van der Waals surface area (Å²) in [7, 11) is 0. The molecule has 0 atom stereocenters. The third kappa shape index (κ3) is 16.8. The monoisotopic (exact) mass is 733 g/mol. The lowest BCUT2D eigenvalue weighted by Crippen LogP contribution is -2.05. The molecule has 0 spiro atoms. The number of hydrogen-bond acceptors (Lipinski definition) is 0. The SMILES string of the molecule is CCCCCCCCCCCCCCCCCCCC#CCCCc1ccccc1C1=C(CCCC)C(CCCC)=C(c2ccc(CCCC)cc2)[N+]1=[N-]. The number of unbranched alkanes of at least 4 members (excludes halogenated alkanes) is 21. The number of allylic oxidation sites excluding steroid dienone is 2. The smallest absolute Gasteiger partial charge is 0.211 e. The van der Waals surface area contributed by atoms with Crippen LogP contribution in [0.2, 0.25) is 0 Å². The van der Waals surface area contributed by atoms with Gasteiger partial charge in [0.15, 0.2) is 0 Å². The molecule has 2 aromatic rings. The molecule has 2 nitrogen and oxygen atoms in total. The molecule has 2 heteroatoms. The molecule has 0 bridgehead atoms. The van der Waals surface area contributed by atoms with E-state index in [1.807, 2.05) is 0 Å². The second-order valence-corrected chi connectivity index (χ2v) is 16.2. The van der Waals surface area contributed by atoms with Gasteiger partial charge in [-0.25, -0.2) is 4.70 Å². The Balaban J connectivity index is 1.44. The van der Waals surface area contributed by atoms with E-state index >= 15 is 0 Å². The van der Waals surface area contributed by atoms with Crippen LogP contribution in [0.4, 0.5) is 0 Å². The molecule has 2 aromatic carbocycles. The van der Waals surface area contributed by atoms with Gasteiger partial charge in [-0.15, -0.1) is 11.8 Å². The van der Waals surface area contributed by atoms with Crippen molar-refractivity contribution in [2.24, 2.45) is 0 Å². The molecule has 0 aliphatic carbocycles. The third-order valence-corrected chi connectivity index (χ3v) is 11.5. The minimum atomic E-state index is 0.938. The quantitative estimate of drug-likeness (QED) is 0.0419. The summed E-state index contributed by atoms with van der Waals surface area (Å²) < 4.78 is 1.56. The van der Waals surface area contributed by atoms with Gasteiger partial charge in [-0.2, -0.15) is 0 Å². The van der Waals surface area contributed by atoms with E-state index in [1.54, 1.807) is 4.70 Å². The molecule has 0 unspecified atom stereocenters. The fourth-order valence-electron chi connectivity index (χ4n) is 8.13. The Morgan fingerprint density at radius 3 is 1.41 bits per heavy atom. The van der Waals surface area contributed by atoms with Gasteiger partial charge in [0.05, 0.1) is 0 Å². The third-order valence-electron chi connectivity index (χ3n) is 11.5. The maximum Gasteiger partial charge on any atom is 0.211 e. The Labute approximate surface area is 334 Å². The van der Waals surface area contributed by atoms with Crippen molar-refractivity contribution in [1.29, 1.82) is 0 Å². The molecule has 0 saturated heterocycles. The molecule has 0 aromatic heterocycles. The van der Waals surface area contributed by atoms with Gasteiger partial charge in [0.2, 0.25) is 11.4 Å². The molecule has 0 fully saturated rings. The fourth-order valence-corrected chi connectivity index (χ4v) is 8.13. The van der Waals surface area contributed by atoms with Crippen molar-refractivity contribution in [3.05, 3.63) is 87.5 Å². The van der Waals surface area contributed by atoms with E-state index in [0.717, 1.165) is 87.6 Å². The summed E-state index contributed by atoms with van der Waals surface area (Å²) >= 11 is 0. The van der Waals surface area contributed by atoms with Crippen LogP contribution in [-0.2, 0) is 12.8 Å². The van der Waals surface area contributed by atoms with Crippen LogP contribution in [0.15, 0.2) is 59.7 Å². The van der Waals surface area contributed by atoms with E-state index in [9.17, 15) is 5.53 Å². The van der Waals surface area contributed by atoms with Gasteiger partial charge in [-0.1, -0.05) is 180 Å². The van der Waals surface area contributed by atoms with Crippen molar-refractivity contribution < 1.29 is 4.70 Å². The van der Waals surface area contributed by atoms with Crippen LogP contribution in [-0.4, -0.2) is 4.70 Å². The molecule has 54 heavy (non-hydrogen) atoms. The van der Waals surface area contributed by atoms with Crippen LogP contribution >= 0.6 is 0 Å². The van der Waals surface area contributed by atoms with Gasteiger partial charge >= 0.3 is 0 Å². The van der Waals surface area contributed by atoms with E-state index in [1.165, 1.54) is 150 Å². The normalized spacial score (nSPS) is 12.9. The number of aryl methyl sites for hydroxylation is 2. The van der Waals surface area contributed by atoms with Gasteiger partial charge in [0.1, 0.15) is 0 Å². The highest BCUT2D eigenvalue weighted by Crippen LogP contribution is 2.45. The average Bonchev–Trinajstić information content (AvgIpc) is 3.47. The molecular weight excluding hydrogens is 653 g/mol. The maximum absolute atomic E-state index is 12.1. The summed E-state index contributed by atoms with van der Waals surface area (Å²) in [4.78, 5) is 0. The van der Waals surface area contributed by atoms with Crippen molar-refractivity contribution in [3.63, 3.8) is 0 Å². The highest BCUT2D eigenvalue weighted by molar-refractivity contribution is 5.82. The van der Waals surface area contributed by atoms with Crippen molar-refractivity contribution in [1.82, 2.24) is 0 Å². The molecule has 1 heterocycles. The summed E-state index contributed by atoms with van der Waals surface area (Å²) in [5.74, 6) is 6.97. The van der Waals surface area contributed by atoms with E-state index in [0.29, 0.717) is 0 Å². The summed E-state index contributed by atoms with van der Waals surface area (Å²) in [6.07, 6.45) is 38.1. The van der Waals surface area contributed by atoms with E-state index in [2.05, 4.69) is 88.1 Å². The van der Waals surface area contributed by atoms with Crippen LogP contribution in [0.3, 0.4) is 0 Å². The Kier molecular flexibility index (Phi) is 24.7. The van der Waals surface area contributed by atoms with Crippen molar-refractivity contribution in [2.75, 3.05) is 0 Å². The number of benzene rings is 2. The molecule has 0 N–H and O–H groups in total. The number of nitrogens with zero attached hydrogens (tertiary/aromatic N) is 2. The summed E-state index contributed by atoms with van der Waals surface area (Å²) in [5.41, 5.74) is 21.8. The van der Waals surface area contributed by atoms with Crippen molar-refractivity contribution >= 4 is 11.4 Å². The van der Waals surface area contributed by atoms with Crippen LogP contribution in [0.5, 0.6) is 0 Å². The highest BCUT2D eigenvalue weighted by Gasteiger charge is 2.35. The van der Waals surface area contributed by atoms with Gasteiger partial charge in [-0.05, 0) is 87.1 Å². The largest absolute Gasteiger partial charge is 0.493 e. The lowest BCUT2D eigenvalue weighted by molar-refractivity contribution is -0.345. The molecule has 0 amide bonds. The minimum absolute atomic E-state index is 0.938. The summed E-state index contributed by atoms with van der Waals surface area (Å²) in [6, 6.07) is 17.8.